The summed E-state index contributed by atoms with van der Waals surface area (Å²) in [4.78, 5) is 30.2. The monoisotopic (exact) mass is 331 g/mol. The maximum absolute atomic E-state index is 11.8. The lowest BCUT2D eigenvalue weighted by molar-refractivity contribution is -0.120. The molecular formula is C15H17N5O2S. The third kappa shape index (κ3) is 5.19. The van der Waals surface area contributed by atoms with Gasteiger partial charge in [0.15, 0.2) is 4.77 Å². The maximum Gasteiger partial charge on any atom is 0.251 e. The Labute approximate surface area is 138 Å². The lowest BCUT2D eigenvalue weighted by Crippen LogP contribution is -2.21. The van der Waals surface area contributed by atoms with Crippen LogP contribution in [0.2, 0.25) is 0 Å². The van der Waals surface area contributed by atoms with Gasteiger partial charge in [0.2, 0.25) is 5.91 Å². The van der Waals surface area contributed by atoms with Crippen LogP contribution in [0.1, 0.15) is 11.3 Å². The number of anilines is 1. The zero-order chi connectivity index (χ0) is 16.8. The van der Waals surface area contributed by atoms with Crippen molar-refractivity contribution in [2.24, 2.45) is 5.10 Å². The second kappa shape index (κ2) is 7.50. The molecule has 2 rings (SSSR count). The van der Waals surface area contributed by atoms with Gasteiger partial charge in [-0.15, -0.1) is 0 Å². The van der Waals surface area contributed by atoms with Gasteiger partial charge >= 0.3 is 0 Å². The minimum Gasteiger partial charge on any atom is -0.378 e. The molecule has 0 saturated heterocycles. The summed E-state index contributed by atoms with van der Waals surface area (Å²) < 4.78 is 0.185. The second-order valence-electron chi connectivity index (χ2n) is 5.07. The third-order valence-corrected chi connectivity index (χ3v) is 3.18. The Balaban J connectivity index is 1.93. The number of nitrogens with one attached hydrogen (secondary N) is 3. The van der Waals surface area contributed by atoms with Crippen LogP contribution >= 0.6 is 12.2 Å². The molecule has 0 aliphatic heterocycles. The first-order valence-corrected chi connectivity index (χ1v) is 7.26. The molecule has 0 unspecified atom stereocenters. The normalized spacial score (nSPS) is 10.7. The second-order valence-corrected chi connectivity index (χ2v) is 5.48. The lowest BCUT2D eigenvalue weighted by Gasteiger charge is -2.11. The fraction of sp³-hybridized carbons (Fsp3) is 0.200. The van der Waals surface area contributed by atoms with E-state index in [1.807, 2.05) is 43.3 Å². The van der Waals surface area contributed by atoms with Gasteiger partial charge in [-0.25, -0.2) is 5.43 Å². The largest absolute Gasteiger partial charge is 0.378 e. The van der Waals surface area contributed by atoms with Gasteiger partial charge in [-0.05, 0) is 29.9 Å². The molecule has 0 bridgehead atoms. The number of benzene rings is 1. The van der Waals surface area contributed by atoms with Crippen LogP contribution in [0.25, 0.3) is 0 Å². The van der Waals surface area contributed by atoms with Crippen LogP contribution in [-0.4, -0.2) is 36.2 Å². The number of hydrazone groups is 1. The van der Waals surface area contributed by atoms with Gasteiger partial charge in [0.25, 0.3) is 5.56 Å². The van der Waals surface area contributed by atoms with Crippen LogP contribution in [0.3, 0.4) is 0 Å². The topological polar surface area (TPSA) is 93.3 Å². The average Bonchev–Trinajstić information content (AvgIpc) is 2.46. The first kappa shape index (κ1) is 16.6. The molecule has 2 aromatic rings. The lowest BCUT2D eigenvalue weighted by atomic mass is 10.2. The van der Waals surface area contributed by atoms with E-state index in [0.29, 0.717) is 5.69 Å². The zero-order valence-corrected chi connectivity index (χ0v) is 13.6. The number of hydrogen-bond acceptors (Lipinski definition) is 5. The van der Waals surface area contributed by atoms with Crippen molar-refractivity contribution in [2.75, 3.05) is 19.0 Å². The molecule has 0 saturated carbocycles. The highest BCUT2D eigenvalue weighted by Crippen LogP contribution is 2.10. The van der Waals surface area contributed by atoms with Crippen LogP contribution in [0, 0.1) is 4.77 Å². The number of hydrogen-bond donors (Lipinski definition) is 3. The molecule has 0 spiro atoms. The number of H-pyrrole nitrogens is 2. The molecule has 120 valence electrons. The first-order chi connectivity index (χ1) is 10.9. The number of aromatic nitrogens is 2. The summed E-state index contributed by atoms with van der Waals surface area (Å²) in [6, 6.07) is 9.01. The SMILES string of the molecule is CN(C)c1ccc(/C=N\NC(=O)Cc2cc(=O)[nH]c(=S)[nH]2)cc1. The molecule has 0 fully saturated rings. The van der Waals surface area contributed by atoms with Crippen LogP contribution in [-0.2, 0) is 11.2 Å². The van der Waals surface area contributed by atoms with Crippen LogP contribution in [0.4, 0.5) is 5.69 Å². The van der Waals surface area contributed by atoms with E-state index >= 15 is 0 Å². The minimum absolute atomic E-state index is 0.00946. The van der Waals surface area contributed by atoms with Crippen molar-refractivity contribution in [3.05, 3.63) is 56.7 Å². The van der Waals surface area contributed by atoms with E-state index in [9.17, 15) is 9.59 Å². The summed E-state index contributed by atoms with van der Waals surface area (Å²) in [6.45, 7) is 0. The van der Waals surface area contributed by atoms with Crippen molar-refractivity contribution < 1.29 is 4.79 Å². The number of carbonyl (C=O) groups is 1. The van der Waals surface area contributed by atoms with E-state index in [0.717, 1.165) is 11.3 Å². The first-order valence-electron chi connectivity index (χ1n) is 6.86. The third-order valence-electron chi connectivity index (χ3n) is 2.98. The fourth-order valence-corrected chi connectivity index (χ4v) is 2.10. The van der Waals surface area contributed by atoms with Crippen molar-refractivity contribution in [3.63, 3.8) is 0 Å². The van der Waals surface area contributed by atoms with Crippen molar-refractivity contribution in [2.45, 2.75) is 6.42 Å². The molecule has 0 atom stereocenters. The van der Waals surface area contributed by atoms with E-state index < -0.39 is 0 Å². The predicted molar refractivity (Wildman–Crippen MR) is 92.5 cm³/mol. The highest BCUT2D eigenvalue weighted by molar-refractivity contribution is 7.71. The minimum atomic E-state index is -0.346. The van der Waals surface area contributed by atoms with Crippen LogP contribution in [0.15, 0.2) is 40.2 Å². The molecule has 7 nitrogen and oxygen atoms in total. The van der Waals surface area contributed by atoms with Gasteiger partial charge in [0.05, 0.1) is 12.6 Å². The van der Waals surface area contributed by atoms with E-state index in [1.54, 1.807) is 6.21 Å². The average molecular weight is 331 g/mol. The molecule has 8 heteroatoms. The van der Waals surface area contributed by atoms with Gasteiger partial charge in [-0.2, -0.15) is 5.10 Å². The maximum atomic E-state index is 11.8. The van der Waals surface area contributed by atoms with E-state index in [-0.39, 0.29) is 22.7 Å². The van der Waals surface area contributed by atoms with Gasteiger partial charge in [-0.1, -0.05) is 12.1 Å². The highest BCUT2D eigenvalue weighted by atomic mass is 32.1. The van der Waals surface area contributed by atoms with Crippen molar-refractivity contribution in [3.8, 4) is 0 Å². The van der Waals surface area contributed by atoms with Gasteiger partial charge in [0, 0.05) is 31.5 Å². The summed E-state index contributed by atoms with van der Waals surface area (Å²) in [5.41, 5.74) is 4.44. The summed E-state index contributed by atoms with van der Waals surface area (Å²) in [6.07, 6.45) is 1.54. The molecule has 1 aromatic heterocycles. The zero-order valence-electron chi connectivity index (χ0n) is 12.8. The van der Waals surface area contributed by atoms with Gasteiger partial charge in [-0.3, -0.25) is 14.6 Å². The number of amides is 1. The number of rotatable bonds is 5. The van der Waals surface area contributed by atoms with E-state index in [2.05, 4.69) is 20.5 Å². The molecule has 1 amide bonds. The molecule has 0 aliphatic rings. The van der Waals surface area contributed by atoms with E-state index in [1.165, 1.54) is 6.07 Å². The Bertz CT molecular complexity index is 793. The Kier molecular flexibility index (Phi) is 5.42. The van der Waals surface area contributed by atoms with Gasteiger partial charge in [0.1, 0.15) is 0 Å². The van der Waals surface area contributed by atoms with E-state index in [4.69, 9.17) is 12.2 Å². The molecule has 1 aromatic carbocycles. The molecule has 1 heterocycles. The number of aromatic amines is 2. The fourth-order valence-electron chi connectivity index (χ4n) is 1.86. The van der Waals surface area contributed by atoms with Crippen molar-refractivity contribution in [1.82, 2.24) is 15.4 Å². The molecule has 3 N–H and O–H groups in total. The summed E-state index contributed by atoms with van der Waals surface area (Å²) in [5, 5.41) is 3.89. The van der Waals surface area contributed by atoms with Crippen LogP contribution in [0.5, 0.6) is 0 Å². The molecule has 0 aliphatic carbocycles. The van der Waals surface area contributed by atoms with Crippen molar-refractivity contribution in [1.29, 1.82) is 0 Å². The standard InChI is InChI=1S/C15H17N5O2S/c1-20(2)12-5-3-10(4-6-12)9-16-19-14(22)8-11-7-13(21)18-15(23)17-11/h3-7,9H,8H2,1-2H3,(H,19,22)(H2,17,18,21,23)/b16-9-. The molecule has 0 radical (unpaired) electrons. The van der Waals surface area contributed by atoms with Crippen LogP contribution < -0.4 is 15.9 Å². The highest BCUT2D eigenvalue weighted by Gasteiger charge is 2.03. The Morgan fingerprint density at radius 3 is 2.61 bits per heavy atom. The molecular weight excluding hydrogens is 314 g/mol. The Morgan fingerprint density at radius 1 is 1.30 bits per heavy atom. The Morgan fingerprint density at radius 2 is 2.00 bits per heavy atom. The summed E-state index contributed by atoms with van der Waals surface area (Å²) >= 11 is 4.84. The number of nitrogens with zero attached hydrogens (tertiary/aromatic N) is 2. The smallest absolute Gasteiger partial charge is 0.251 e. The molecule has 23 heavy (non-hydrogen) atoms. The Hall–Kier alpha value is -2.74. The number of carbonyl (C=O) groups excluding carboxylic acids is 1. The summed E-state index contributed by atoms with van der Waals surface area (Å²) in [7, 11) is 3.92. The quantitative estimate of drug-likeness (QED) is 0.436. The summed E-state index contributed by atoms with van der Waals surface area (Å²) in [5.74, 6) is -0.345. The predicted octanol–water partition coefficient (Wildman–Crippen LogP) is 1.19. The van der Waals surface area contributed by atoms with Crippen molar-refractivity contribution >= 4 is 30.0 Å². The van der Waals surface area contributed by atoms with Gasteiger partial charge < -0.3 is 9.88 Å².